The number of hydrogen-bond acceptors (Lipinski definition) is 6. The molecule has 1 unspecified atom stereocenters. The Labute approximate surface area is 124 Å². The molecule has 0 aromatic carbocycles. The fourth-order valence-electron chi connectivity index (χ4n) is 1.91. The molecule has 110 valence electrons. The monoisotopic (exact) mass is 345 g/mol. The van der Waals surface area contributed by atoms with E-state index >= 15 is 0 Å². The van der Waals surface area contributed by atoms with Gasteiger partial charge in [0.15, 0.2) is 0 Å². The maximum absolute atomic E-state index is 12.0. The van der Waals surface area contributed by atoms with E-state index < -0.39 is 10.8 Å². The van der Waals surface area contributed by atoms with Crippen LogP contribution in [-0.4, -0.2) is 54.0 Å². The number of alkyl halides is 1. The summed E-state index contributed by atoms with van der Waals surface area (Å²) < 4.78 is 11.1. The maximum Gasteiger partial charge on any atom is 0.321 e. The number of methoxy groups -OCH3 is 1. The second-order valence-corrected chi connectivity index (χ2v) is 5.43. The van der Waals surface area contributed by atoms with Crippen LogP contribution >= 0.6 is 15.9 Å². The van der Waals surface area contributed by atoms with Gasteiger partial charge in [-0.15, -0.1) is 0 Å². The number of morpholine rings is 1. The zero-order valence-electron chi connectivity index (χ0n) is 11.1. The second-order valence-electron chi connectivity index (χ2n) is 4.32. The summed E-state index contributed by atoms with van der Waals surface area (Å²) >= 11 is 3.17. The van der Waals surface area contributed by atoms with Crippen molar-refractivity contribution in [3.05, 3.63) is 22.6 Å². The zero-order valence-corrected chi connectivity index (χ0v) is 12.7. The van der Waals surface area contributed by atoms with E-state index in [0.29, 0.717) is 13.2 Å². The number of carbonyl (C=O) groups excluding carboxylic acids is 1. The van der Waals surface area contributed by atoms with Crippen LogP contribution < -0.4 is 10.5 Å². The van der Waals surface area contributed by atoms with Crippen LogP contribution in [0.5, 0.6) is 0 Å². The fourth-order valence-corrected chi connectivity index (χ4v) is 2.37. The first-order valence-corrected chi connectivity index (χ1v) is 7.15. The maximum atomic E-state index is 12.0. The summed E-state index contributed by atoms with van der Waals surface area (Å²) in [5.41, 5.74) is 0.529. The molecule has 1 aromatic heterocycles. The Balaban J connectivity index is 2.09. The molecular formula is C12H16BrN3O4. The van der Waals surface area contributed by atoms with Gasteiger partial charge >= 0.3 is 5.97 Å². The minimum absolute atomic E-state index is 0.134. The predicted molar refractivity (Wildman–Crippen MR) is 76.3 cm³/mol. The highest BCUT2D eigenvalue weighted by molar-refractivity contribution is 9.10. The van der Waals surface area contributed by atoms with Crippen LogP contribution in [0, 0.1) is 0 Å². The van der Waals surface area contributed by atoms with Crippen molar-refractivity contribution < 1.29 is 14.3 Å². The minimum Gasteiger partial charge on any atom is -0.468 e. The fraction of sp³-hybridized carbons (Fsp3) is 0.583. The molecule has 0 amide bonds. The largest absolute Gasteiger partial charge is 0.468 e. The molecule has 8 heteroatoms. The SMILES string of the molecule is COC(=O)C(Br)Cn1ncc(N2CCOCC2)cc1=O. The number of halogens is 1. The van der Waals surface area contributed by atoms with Gasteiger partial charge in [0.2, 0.25) is 0 Å². The van der Waals surface area contributed by atoms with Crippen LogP contribution in [-0.2, 0) is 20.8 Å². The molecule has 1 saturated heterocycles. The van der Waals surface area contributed by atoms with E-state index in [1.165, 1.54) is 17.9 Å². The molecule has 0 bridgehead atoms. The molecule has 0 saturated carbocycles. The van der Waals surface area contributed by atoms with E-state index in [1.807, 2.05) is 4.90 Å². The Bertz CT molecular complexity index is 528. The van der Waals surface area contributed by atoms with E-state index in [1.54, 1.807) is 6.20 Å². The molecule has 1 aromatic rings. The van der Waals surface area contributed by atoms with Crippen molar-refractivity contribution in [2.75, 3.05) is 38.3 Å². The summed E-state index contributed by atoms with van der Waals surface area (Å²) in [5, 5.41) is 4.09. The summed E-state index contributed by atoms with van der Waals surface area (Å²) in [5.74, 6) is -0.434. The Morgan fingerprint density at radius 2 is 2.25 bits per heavy atom. The molecule has 0 aliphatic carbocycles. The van der Waals surface area contributed by atoms with Gasteiger partial charge in [-0.05, 0) is 0 Å². The number of aromatic nitrogens is 2. The summed E-state index contributed by atoms with van der Waals surface area (Å²) in [7, 11) is 1.30. The number of nitrogens with zero attached hydrogens (tertiary/aromatic N) is 3. The molecule has 7 nitrogen and oxygen atoms in total. The number of hydrogen-bond donors (Lipinski definition) is 0. The number of rotatable bonds is 4. The lowest BCUT2D eigenvalue weighted by Gasteiger charge is -2.28. The first kappa shape index (κ1) is 15.0. The topological polar surface area (TPSA) is 73.7 Å². The van der Waals surface area contributed by atoms with Crippen LogP contribution in [0.3, 0.4) is 0 Å². The molecule has 1 fully saturated rings. The Hall–Kier alpha value is -1.41. The first-order valence-electron chi connectivity index (χ1n) is 6.23. The van der Waals surface area contributed by atoms with Crippen molar-refractivity contribution in [3.8, 4) is 0 Å². The summed E-state index contributed by atoms with van der Waals surface area (Å²) in [6.45, 7) is 2.92. The Kier molecular flexibility index (Phi) is 5.13. The van der Waals surface area contributed by atoms with Gasteiger partial charge in [0.1, 0.15) is 4.83 Å². The molecule has 2 rings (SSSR count). The van der Waals surface area contributed by atoms with Crippen molar-refractivity contribution >= 4 is 27.6 Å². The summed E-state index contributed by atoms with van der Waals surface area (Å²) in [4.78, 5) is 24.8. The highest BCUT2D eigenvalue weighted by Crippen LogP contribution is 2.12. The molecule has 20 heavy (non-hydrogen) atoms. The standard InChI is InChI=1S/C12H16BrN3O4/c1-19-12(18)10(13)8-16-11(17)6-9(7-14-16)15-2-4-20-5-3-15/h6-7,10H,2-5,8H2,1H3. The second kappa shape index (κ2) is 6.85. The van der Waals surface area contributed by atoms with Crippen molar-refractivity contribution in [1.29, 1.82) is 0 Å². The molecule has 0 radical (unpaired) electrons. The molecule has 1 atom stereocenters. The van der Waals surface area contributed by atoms with E-state index in [9.17, 15) is 9.59 Å². The molecule has 0 spiro atoms. The number of anilines is 1. The van der Waals surface area contributed by atoms with E-state index in [4.69, 9.17) is 4.74 Å². The molecule has 1 aliphatic rings. The minimum atomic E-state index is -0.591. The summed E-state index contributed by atoms with van der Waals surface area (Å²) in [6.07, 6.45) is 1.63. The van der Waals surface area contributed by atoms with Gasteiger partial charge in [0.25, 0.3) is 5.56 Å². The third-order valence-corrected chi connectivity index (χ3v) is 3.68. The molecule has 2 heterocycles. The van der Waals surface area contributed by atoms with Crippen LogP contribution in [0.2, 0.25) is 0 Å². The third-order valence-electron chi connectivity index (χ3n) is 3.02. The van der Waals surface area contributed by atoms with Gasteiger partial charge in [-0.3, -0.25) is 9.59 Å². The third kappa shape index (κ3) is 3.57. The molecule has 1 aliphatic heterocycles. The van der Waals surface area contributed by atoms with E-state index in [-0.39, 0.29) is 12.1 Å². The first-order chi connectivity index (χ1) is 9.61. The highest BCUT2D eigenvalue weighted by atomic mass is 79.9. The zero-order chi connectivity index (χ0) is 14.5. The number of esters is 1. The van der Waals surface area contributed by atoms with E-state index in [2.05, 4.69) is 25.8 Å². The smallest absolute Gasteiger partial charge is 0.321 e. The van der Waals surface area contributed by atoms with E-state index in [0.717, 1.165) is 18.8 Å². The number of carbonyl (C=O) groups is 1. The van der Waals surface area contributed by atoms with Gasteiger partial charge in [0, 0.05) is 19.2 Å². The quantitative estimate of drug-likeness (QED) is 0.565. The normalized spacial score (nSPS) is 16.8. The van der Waals surface area contributed by atoms with Crippen LogP contribution in [0.15, 0.2) is 17.1 Å². The Morgan fingerprint density at radius 3 is 2.85 bits per heavy atom. The van der Waals surface area contributed by atoms with Crippen LogP contribution in [0.1, 0.15) is 0 Å². The van der Waals surface area contributed by atoms with Crippen molar-refractivity contribution in [3.63, 3.8) is 0 Å². The van der Waals surface area contributed by atoms with Gasteiger partial charge in [-0.2, -0.15) is 5.10 Å². The average Bonchev–Trinajstić information content (AvgIpc) is 2.49. The molecular weight excluding hydrogens is 330 g/mol. The van der Waals surface area contributed by atoms with Gasteiger partial charge < -0.3 is 14.4 Å². The number of ether oxygens (including phenoxy) is 2. The van der Waals surface area contributed by atoms with Crippen molar-refractivity contribution in [1.82, 2.24) is 9.78 Å². The predicted octanol–water partition coefficient (Wildman–Crippen LogP) is 0.0164. The van der Waals surface area contributed by atoms with Crippen molar-refractivity contribution in [2.24, 2.45) is 0 Å². The summed E-state index contributed by atoms with van der Waals surface area (Å²) in [6, 6.07) is 1.52. The Morgan fingerprint density at radius 1 is 1.55 bits per heavy atom. The van der Waals surface area contributed by atoms with Gasteiger partial charge in [-0.25, -0.2) is 4.68 Å². The van der Waals surface area contributed by atoms with Crippen molar-refractivity contribution in [2.45, 2.75) is 11.4 Å². The lowest BCUT2D eigenvalue weighted by molar-refractivity contribution is -0.140. The lowest BCUT2D eigenvalue weighted by Crippen LogP contribution is -2.38. The average molecular weight is 346 g/mol. The van der Waals surface area contributed by atoms with Gasteiger partial charge in [-0.1, -0.05) is 15.9 Å². The van der Waals surface area contributed by atoms with Gasteiger partial charge in [0.05, 0.1) is 38.8 Å². The highest BCUT2D eigenvalue weighted by Gasteiger charge is 2.18. The lowest BCUT2D eigenvalue weighted by atomic mass is 10.3. The molecule has 0 N–H and O–H groups in total. The van der Waals surface area contributed by atoms with Crippen LogP contribution in [0.4, 0.5) is 5.69 Å². The van der Waals surface area contributed by atoms with Crippen LogP contribution in [0.25, 0.3) is 0 Å².